The number of halogens is 1. The smallest absolute Gasteiger partial charge is 0.238 e. The third kappa shape index (κ3) is 4.61. The van der Waals surface area contributed by atoms with E-state index >= 15 is 0 Å². The number of carbonyl (C=O) groups is 1. The second kappa shape index (κ2) is 6.79. The fourth-order valence-corrected chi connectivity index (χ4v) is 1.66. The molecule has 15 heavy (non-hydrogen) atoms. The highest BCUT2D eigenvalue weighted by Crippen LogP contribution is 2.16. The van der Waals surface area contributed by atoms with Crippen LogP contribution in [0.15, 0.2) is 24.3 Å². The van der Waals surface area contributed by atoms with Crippen LogP contribution in [0, 0.1) is 3.57 Å². The quantitative estimate of drug-likeness (QED) is 0.646. The van der Waals surface area contributed by atoms with E-state index < -0.39 is 0 Å². The van der Waals surface area contributed by atoms with E-state index in [2.05, 4.69) is 40.1 Å². The first-order chi connectivity index (χ1) is 7.24. The molecule has 0 fully saturated rings. The molecule has 1 rings (SSSR count). The molecule has 3 nitrogen and oxygen atoms in total. The first-order valence-corrected chi connectivity index (χ1v) is 6.07. The summed E-state index contributed by atoms with van der Waals surface area (Å²) in [6.45, 7) is 3.32. The van der Waals surface area contributed by atoms with Gasteiger partial charge in [0.05, 0.1) is 12.2 Å². The van der Waals surface area contributed by atoms with Crippen LogP contribution < -0.4 is 10.6 Å². The third-order valence-electron chi connectivity index (χ3n) is 1.86. The van der Waals surface area contributed by atoms with Crippen LogP contribution in [0.2, 0.25) is 0 Å². The van der Waals surface area contributed by atoms with Crippen LogP contribution in [0.4, 0.5) is 5.69 Å². The highest BCUT2D eigenvalue weighted by Gasteiger charge is 2.03. The highest BCUT2D eigenvalue weighted by molar-refractivity contribution is 14.1. The number of rotatable bonds is 5. The number of hydrogen-bond donors (Lipinski definition) is 2. The number of amides is 1. The number of para-hydroxylation sites is 1. The van der Waals surface area contributed by atoms with Crippen molar-refractivity contribution in [1.82, 2.24) is 5.32 Å². The number of carbonyl (C=O) groups excluding carboxylic acids is 1. The molecule has 0 bridgehead atoms. The van der Waals surface area contributed by atoms with Gasteiger partial charge in [0.1, 0.15) is 0 Å². The fraction of sp³-hybridized carbons (Fsp3) is 0.364. The number of benzene rings is 1. The maximum atomic E-state index is 11.5. The lowest BCUT2D eigenvalue weighted by Gasteiger charge is -2.07. The summed E-state index contributed by atoms with van der Waals surface area (Å²) in [6, 6.07) is 7.74. The molecule has 2 N–H and O–H groups in total. The summed E-state index contributed by atoms with van der Waals surface area (Å²) in [6.07, 6.45) is 1.04. The van der Waals surface area contributed by atoms with Gasteiger partial charge in [-0.05, 0) is 47.7 Å². The van der Waals surface area contributed by atoms with Crippen LogP contribution >= 0.6 is 22.6 Å². The van der Waals surface area contributed by atoms with E-state index in [1.807, 2.05) is 24.3 Å². The molecule has 0 heterocycles. The molecule has 0 aliphatic rings. The largest absolute Gasteiger partial charge is 0.324 e. The van der Waals surface area contributed by atoms with Gasteiger partial charge in [-0.2, -0.15) is 0 Å². The van der Waals surface area contributed by atoms with E-state index in [-0.39, 0.29) is 5.91 Å². The second-order valence-corrected chi connectivity index (χ2v) is 4.37. The Balaban J connectivity index is 2.41. The Kier molecular flexibility index (Phi) is 5.63. The van der Waals surface area contributed by atoms with E-state index in [0.717, 1.165) is 22.2 Å². The SMILES string of the molecule is CCCNCC(=O)Nc1ccccc1I. The van der Waals surface area contributed by atoms with Gasteiger partial charge in [-0.25, -0.2) is 0 Å². The Morgan fingerprint density at radius 2 is 2.13 bits per heavy atom. The third-order valence-corrected chi connectivity index (χ3v) is 2.80. The average molecular weight is 318 g/mol. The van der Waals surface area contributed by atoms with Crippen molar-refractivity contribution in [3.63, 3.8) is 0 Å². The normalized spacial score (nSPS) is 10.0. The van der Waals surface area contributed by atoms with Crippen molar-refractivity contribution in [3.05, 3.63) is 27.8 Å². The van der Waals surface area contributed by atoms with E-state index in [9.17, 15) is 4.79 Å². The summed E-state index contributed by atoms with van der Waals surface area (Å²) in [5, 5.41) is 5.92. The maximum absolute atomic E-state index is 11.5. The van der Waals surface area contributed by atoms with E-state index in [4.69, 9.17) is 0 Å². The monoisotopic (exact) mass is 318 g/mol. The first-order valence-electron chi connectivity index (χ1n) is 4.99. The zero-order valence-electron chi connectivity index (χ0n) is 8.72. The molecule has 0 aromatic heterocycles. The first kappa shape index (κ1) is 12.4. The van der Waals surface area contributed by atoms with Crippen molar-refractivity contribution in [2.24, 2.45) is 0 Å². The summed E-state index contributed by atoms with van der Waals surface area (Å²) >= 11 is 2.20. The van der Waals surface area contributed by atoms with Crippen molar-refractivity contribution in [2.45, 2.75) is 13.3 Å². The predicted octanol–water partition coefficient (Wildman–Crippen LogP) is 2.23. The zero-order chi connectivity index (χ0) is 11.1. The van der Waals surface area contributed by atoms with Gasteiger partial charge in [0.15, 0.2) is 0 Å². The lowest BCUT2D eigenvalue weighted by molar-refractivity contribution is -0.115. The van der Waals surface area contributed by atoms with Gasteiger partial charge < -0.3 is 10.6 Å². The Morgan fingerprint density at radius 1 is 1.40 bits per heavy atom. The fourth-order valence-electron chi connectivity index (χ4n) is 1.14. The molecular weight excluding hydrogens is 303 g/mol. The average Bonchev–Trinajstić information content (AvgIpc) is 2.22. The van der Waals surface area contributed by atoms with Crippen LogP contribution in [0.5, 0.6) is 0 Å². The summed E-state index contributed by atoms with van der Waals surface area (Å²) in [4.78, 5) is 11.5. The maximum Gasteiger partial charge on any atom is 0.238 e. The van der Waals surface area contributed by atoms with Gasteiger partial charge in [-0.3, -0.25) is 4.79 Å². The van der Waals surface area contributed by atoms with Crippen LogP contribution in [0.3, 0.4) is 0 Å². The van der Waals surface area contributed by atoms with Gasteiger partial charge in [0.25, 0.3) is 0 Å². The van der Waals surface area contributed by atoms with E-state index in [1.165, 1.54) is 0 Å². The minimum Gasteiger partial charge on any atom is -0.324 e. The van der Waals surface area contributed by atoms with Crippen LogP contribution in [0.1, 0.15) is 13.3 Å². The summed E-state index contributed by atoms with van der Waals surface area (Å²) in [5.41, 5.74) is 0.876. The molecule has 1 aromatic carbocycles. The molecule has 82 valence electrons. The number of hydrogen-bond acceptors (Lipinski definition) is 2. The molecular formula is C11H15IN2O. The lowest BCUT2D eigenvalue weighted by atomic mass is 10.3. The van der Waals surface area contributed by atoms with Crippen molar-refractivity contribution < 1.29 is 4.79 Å². The zero-order valence-corrected chi connectivity index (χ0v) is 10.9. The Labute approximate surface area is 104 Å². The molecule has 0 saturated carbocycles. The molecule has 0 aliphatic carbocycles. The van der Waals surface area contributed by atoms with Gasteiger partial charge in [0, 0.05) is 3.57 Å². The van der Waals surface area contributed by atoms with Gasteiger partial charge in [0.2, 0.25) is 5.91 Å². The molecule has 4 heteroatoms. The second-order valence-electron chi connectivity index (χ2n) is 3.20. The summed E-state index contributed by atoms with van der Waals surface area (Å²) < 4.78 is 1.05. The Bertz CT molecular complexity index is 328. The number of nitrogens with one attached hydrogen (secondary N) is 2. The van der Waals surface area contributed by atoms with Crippen LogP contribution in [-0.2, 0) is 4.79 Å². The van der Waals surface area contributed by atoms with Crippen molar-refractivity contribution >= 4 is 34.2 Å². The number of anilines is 1. The van der Waals surface area contributed by atoms with Crippen molar-refractivity contribution in [1.29, 1.82) is 0 Å². The molecule has 0 saturated heterocycles. The highest BCUT2D eigenvalue weighted by atomic mass is 127. The van der Waals surface area contributed by atoms with E-state index in [0.29, 0.717) is 6.54 Å². The Morgan fingerprint density at radius 3 is 2.80 bits per heavy atom. The molecule has 0 unspecified atom stereocenters. The van der Waals surface area contributed by atoms with Crippen molar-refractivity contribution in [2.75, 3.05) is 18.4 Å². The minimum atomic E-state index is 0.00701. The topological polar surface area (TPSA) is 41.1 Å². The van der Waals surface area contributed by atoms with Gasteiger partial charge in [-0.1, -0.05) is 19.1 Å². The van der Waals surface area contributed by atoms with Crippen LogP contribution in [-0.4, -0.2) is 19.0 Å². The molecule has 1 aromatic rings. The lowest BCUT2D eigenvalue weighted by Crippen LogP contribution is -2.28. The predicted molar refractivity (Wildman–Crippen MR) is 70.9 cm³/mol. The summed E-state index contributed by atoms with van der Waals surface area (Å²) in [5.74, 6) is 0.00701. The standard InChI is InChI=1S/C11H15IN2O/c1-2-7-13-8-11(15)14-10-6-4-3-5-9(10)12/h3-6,13H,2,7-8H2,1H3,(H,14,15). The van der Waals surface area contributed by atoms with E-state index in [1.54, 1.807) is 0 Å². The summed E-state index contributed by atoms with van der Waals surface area (Å²) in [7, 11) is 0. The van der Waals surface area contributed by atoms with Gasteiger partial charge in [-0.15, -0.1) is 0 Å². The van der Waals surface area contributed by atoms with Crippen LogP contribution in [0.25, 0.3) is 0 Å². The van der Waals surface area contributed by atoms with Gasteiger partial charge >= 0.3 is 0 Å². The molecule has 0 aliphatic heterocycles. The molecule has 0 radical (unpaired) electrons. The molecule has 0 spiro atoms. The van der Waals surface area contributed by atoms with Crippen molar-refractivity contribution in [3.8, 4) is 0 Å². The minimum absolute atomic E-state index is 0.00701. The Hall–Kier alpha value is -0.620. The molecule has 0 atom stereocenters. The molecule has 1 amide bonds.